The van der Waals surface area contributed by atoms with Gasteiger partial charge in [-0.25, -0.2) is 4.39 Å². The number of nitrogens with one attached hydrogen (secondary N) is 1. The zero-order chi connectivity index (χ0) is 14.3. The Labute approximate surface area is 125 Å². The molecule has 0 bridgehead atoms. The molecular formula is C16H25BrFN. The summed E-state index contributed by atoms with van der Waals surface area (Å²) in [6.07, 6.45) is 4.44. The van der Waals surface area contributed by atoms with E-state index >= 15 is 0 Å². The summed E-state index contributed by atoms with van der Waals surface area (Å²) in [5.41, 5.74) is 1.19. The molecule has 0 spiro atoms. The summed E-state index contributed by atoms with van der Waals surface area (Å²) in [5.74, 6) is 0.518. The lowest BCUT2D eigenvalue weighted by atomic mass is 9.97. The van der Waals surface area contributed by atoms with Gasteiger partial charge in [-0.05, 0) is 55.8 Å². The molecule has 19 heavy (non-hydrogen) atoms. The van der Waals surface area contributed by atoms with Gasteiger partial charge in [0.15, 0.2) is 0 Å². The van der Waals surface area contributed by atoms with E-state index in [0.29, 0.717) is 12.0 Å². The Kier molecular flexibility index (Phi) is 7.62. The molecule has 0 amide bonds. The minimum Gasteiger partial charge on any atom is -0.314 e. The molecule has 0 aromatic heterocycles. The average molecular weight is 330 g/mol. The molecule has 1 N–H and O–H groups in total. The second-order valence-electron chi connectivity index (χ2n) is 5.56. The van der Waals surface area contributed by atoms with Crippen molar-refractivity contribution in [3.63, 3.8) is 0 Å². The Morgan fingerprint density at radius 3 is 2.63 bits per heavy atom. The molecule has 0 aliphatic heterocycles. The highest BCUT2D eigenvalue weighted by atomic mass is 79.9. The minimum atomic E-state index is -0.182. The van der Waals surface area contributed by atoms with E-state index in [1.54, 1.807) is 6.07 Å². The van der Waals surface area contributed by atoms with Crippen molar-refractivity contribution < 1.29 is 4.39 Å². The Balaban J connectivity index is 2.54. The third-order valence-electron chi connectivity index (χ3n) is 3.22. The second kappa shape index (κ2) is 8.70. The van der Waals surface area contributed by atoms with E-state index in [4.69, 9.17) is 0 Å². The summed E-state index contributed by atoms with van der Waals surface area (Å²) in [5, 5.41) is 3.61. The summed E-state index contributed by atoms with van der Waals surface area (Å²) in [6, 6.07) is 5.52. The molecule has 0 saturated carbocycles. The predicted molar refractivity (Wildman–Crippen MR) is 84.0 cm³/mol. The van der Waals surface area contributed by atoms with Crippen molar-refractivity contribution in [2.24, 2.45) is 5.92 Å². The first-order valence-corrected chi connectivity index (χ1v) is 7.99. The van der Waals surface area contributed by atoms with E-state index in [1.807, 2.05) is 6.07 Å². The molecule has 0 radical (unpaired) electrons. The molecule has 0 fully saturated rings. The SMILES string of the molecule is CCCNC(CCc1ccc(F)cc1Br)CC(C)C. The zero-order valence-corrected chi connectivity index (χ0v) is 13.8. The summed E-state index contributed by atoms with van der Waals surface area (Å²) < 4.78 is 13.9. The summed E-state index contributed by atoms with van der Waals surface area (Å²) in [4.78, 5) is 0. The van der Waals surface area contributed by atoms with E-state index in [9.17, 15) is 4.39 Å². The lowest BCUT2D eigenvalue weighted by Crippen LogP contribution is -2.31. The van der Waals surface area contributed by atoms with Gasteiger partial charge in [0.25, 0.3) is 0 Å². The largest absolute Gasteiger partial charge is 0.314 e. The van der Waals surface area contributed by atoms with Crippen LogP contribution in [0.1, 0.15) is 45.6 Å². The molecular weight excluding hydrogens is 305 g/mol. The summed E-state index contributed by atoms with van der Waals surface area (Å²) in [7, 11) is 0. The Hall–Kier alpha value is -0.410. The van der Waals surface area contributed by atoms with E-state index in [0.717, 1.165) is 30.3 Å². The van der Waals surface area contributed by atoms with E-state index < -0.39 is 0 Å². The fraction of sp³-hybridized carbons (Fsp3) is 0.625. The van der Waals surface area contributed by atoms with Gasteiger partial charge in [0, 0.05) is 10.5 Å². The molecule has 1 unspecified atom stereocenters. The summed E-state index contributed by atoms with van der Waals surface area (Å²) >= 11 is 3.44. The van der Waals surface area contributed by atoms with E-state index in [1.165, 1.54) is 18.1 Å². The average Bonchev–Trinajstić information content (AvgIpc) is 2.33. The van der Waals surface area contributed by atoms with Gasteiger partial charge in [0.1, 0.15) is 5.82 Å². The van der Waals surface area contributed by atoms with Crippen LogP contribution in [-0.2, 0) is 6.42 Å². The van der Waals surface area contributed by atoms with Crippen molar-refractivity contribution in [3.05, 3.63) is 34.1 Å². The zero-order valence-electron chi connectivity index (χ0n) is 12.2. The first-order chi connectivity index (χ1) is 9.02. The molecule has 1 nitrogen and oxygen atoms in total. The van der Waals surface area contributed by atoms with Crippen LogP contribution in [0, 0.1) is 11.7 Å². The number of halogens is 2. The van der Waals surface area contributed by atoms with Crippen molar-refractivity contribution in [1.82, 2.24) is 5.32 Å². The molecule has 0 saturated heterocycles. The fourth-order valence-corrected chi connectivity index (χ4v) is 2.82. The highest BCUT2D eigenvalue weighted by molar-refractivity contribution is 9.10. The van der Waals surface area contributed by atoms with Gasteiger partial charge in [-0.15, -0.1) is 0 Å². The quantitative estimate of drug-likeness (QED) is 0.712. The first kappa shape index (κ1) is 16.6. The van der Waals surface area contributed by atoms with Crippen LogP contribution in [0.25, 0.3) is 0 Å². The number of hydrogen-bond acceptors (Lipinski definition) is 1. The highest BCUT2D eigenvalue weighted by Gasteiger charge is 2.11. The van der Waals surface area contributed by atoms with Crippen molar-refractivity contribution in [2.45, 2.75) is 52.5 Å². The van der Waals surface area contributed by atoms with Crippen molar-refractivity contribution in [2.75, 3.05) is 6.54 Å². The Morgan fingerprint density at radius 1 is 1.32 bits per heavy atom. The third-order valence-corrected chi connectivity index (χ3v) is 3.95. The van der Waals surface area contributed by atoms with E-state index in [2.05, 4.69) is 42.0 Å². The van der Waals surface area contributed by atoms with Gasteiger partial charge in [0.2, 0.25) is 0 Å². The smallest absolute Gasteiger partial charge is 0.124 e. The molecule has 1 aromatic carbocycles. The lowest BCUT2D eigenvalue weighted by Gasteiger charge is -2.20. The number of rotatable bonds is 8. The second-order valence-corrected chi connectivity index (χ2v) is 6.41. The van der Waals surface area contributed by atoms with Crippen LogP contribution in [0.3, 0.4) is 0 Å². The van der Waals surface area contributed by atoms with Crippen LogP contribution >= 0.6 is 15.9 Å². The van der Waals surface area contributed by atoms with Crippen molar-refractivity contribution >= 4 is 15.9 Å². The number of hydrogen-bond donors (Lipinski definition) is 1. The molecule has 108 valence electrons. The standard InChI is InChI=1S/C16H25BrFN/c1-4-9-19-15(10-12(2)3)8-6-13-5-7-14(18)11-16(13)17/h5,7,11-12,15,19H,4,6,8-10H2,1-3H3. The maximum absolute atomic E-state index is 13.0. The fourth-order valence-electron chi connectivity index (χ4n) is 2.27. The van der Waals surface area contributed by atoms with Crippen LogP contribution in [-0.4, -0.2) is 12.6 Å². The number of aryl methyl sites for hydroxylation is 1. The Morgan fingerprint density at radius 2 is 2.05 bits per heavy atom. The van der Waals surface area contributed by atoms with Crippen molar-refractivity contribution in [3.8, 4) is 0 Å². The van der Waals surface area contributed by atoms with Gasteiger partial charge in [-0.1, -0.05) is 42.8 Å². The topological polar surface area (TPSA) is 12.0 Å². The molecule has 1 aromatic rings. The molecule has 3 heteroatoms. The minimum absolute atomic E-state index is 0.182. The molecule has 1 atom stereocenters. The van der Waals surface area contributed by atoms with Crippen LogP contribution in [0.4, 0.5) is 4.39 Å². The van der Waals surface area contributed by atoms with Crippen LogP contribution < -0.4 is 5.32 Å². The van der Waals surface area contributed by atoms with Crippen LogP contribution in [0.5, 0.6) is 0 Å². The first-order valence-electron chi connectivity index (χ1n) is 7.20. The number of benzene rings is 1. The van der Waals surface area contributed by atoms with Gasteiger partial charge >= 0.3 is 0 Å². The lowest BCUT2D eigenvalue weighted by molar-refractivity contribution is 0.398. The van der Waals surface area contributed by atoms with Crippen LogP contribution in [0.2, 0.25) is 0 Å². The maximum atomic E-state index is 13.0. The van der Waals surface area contributed by atoms with Crippen molar-refractivity contribution in [1.29, 1.82) is 0 Å². The van der Waals surface area contributed by atoms with Gasteiger partial charge in [-0.3, -0.25) is 0 Å². The third kappa shape index (κ3) is 6.53. The molecule has 0 heterocycles. The van der Waals surface area contributed by atoms with E-state index in [-0.39, 0.29) is 5.82 Å². The molecule has 1 rings (SSSR count). The summed E-state index contributed by atoms with van der Waals surface area (Å²) in [6.45, 7) is 7.78. The van der Waals surface area contributed by atoms with Gasteiger partial charge < -0.3 is 5.32 Å². The molecule has 0 aliphatic rings. The molecule has 0 aliphatic carbocycles. The van der Waals surface area contributed by atoms with Gasteiger partial charge in [0.05, 0.1) is 0 Å². The predicted octanol–water partition coefficient (Wildman–Crippen LogP) is 4.94. The van der Waals surface area contributed by atoms with Gasteiger partial charge in [-0.2, -0.15) is 0 Å². The Bertz CT molecular complexity index is 379. The maximum Gasteiger partial charge on any atom is 0.124 e. The highest BCUT2D eigenvalue weighted by Crippen LogP contribution is 2.21. The monoisotopic (exact) mass is 329 g/mol. The normalized spacial score (nSPS) is 12.9. The van der Waals surface area contributed by atoms with Crippen LogP contribution in [0.15, 0.2) is 22.7 Å².